The standard InChI is InChI=1S/C26H18BF10NO.2C4H10N.Zr/c28-16-14(17(29)21(33)24(36)20(16)32)27(15-18(30)22(34)25(37)23(35)19(15)31)10-13(11-6-4-5-7-11)38-26(39)12-8-2-1-3-9-12;2*1-3-5-4-2;/h1-3,8-9,11,13H,4-7,10H2,(H,38,39);2*3-4H2,1-2H3;/q;2*-1;+3. The van der Waals surface area contributed by atoms with Crippen LogP contribution in [0.5, 0.6) is 0 Å². The maximum Gasteiger partial charge on any atom is 3.00 e. The summed E-state index contributed by atoms with van der Waals surface area (Å²) in [5.74, 6) is -26.3. The summed E-state index contributed by atoms with van der Waals surface area (Å²) in [7, 11) is 0. The first-order valence-electron chi connectivity index (χ1n) is 15.9. The molecule has 0 bridgehead atoms. The summed E-state index contributed by atoms with van der Waals surface area (Å²) in [4.78, 5) is 12.9. The summed E-state index contributed by atoms with van der Waals surface area (Å²) < 4.78 is 144. The molecule has 0 aromatic heterocycles. The number of rotatable bonds is 11. The first-order valence-corrected chi connectivity index (χ1v) is 15.9. The molecule has 0 spiro atoms. The topological polar surface area (TPSA) is 57.3 Å². The van der Waals surface area contributed by atoms with E-state index < -0.39 is 100.0 Å². The molecule has 4 rings (SSSR count). The molecule has 50 heavy (non-hydrogen) atoms. The number of amides is 1. The molecule has 1 radical (unpaired) electrons. The second kappa shape index (κ2) is 22.3. The summed E-state index contributed by atoms with van der Waals surface area (Å²) in [5, 5.41) is 10.5. The van der Waals surface area contributed by atoms with Gasteiger partial charge in [-0.05, 0) is 37.2 Å². The predicted molar refractivity (Wildman–Crippen MR) is 171 cm³/mol. The van der Waals surface area contributed by atoms with E-state index in [1.54, 1.807) is 6.07 Å². The maximum absolute atomic E-state index is 14.9. The van der Waals surface area contributed by atoms with E-state index in [1.807, 2.05) is 27.7 Å². The van der Waals surface area contributed by atoms with Crippen molar-refractivity contribution in [3.8, 4) is 0 Å². The molecule has 271 valence electrons. The minimum Gasteiger partial charge on any atom is -0.663 e. The summed E-state index contributed by atoms with van der Waals surface area (Å²) in [6, 6.07) is 6.25. The van der Waals surface area contributed by atoms with Crippen molar-refractivity contribution >= 4 is 23.5 Å². The zero-order valence-corrected chi connectivity index (χ0v) is 30.5. The average Bonchev–Trinajstić information content (AvgIpc) is 3.65. The van der Waals surface area contributed by atoms with Crippen LogP contribution < -0.4 is 16.2 Å². The Hall–Kier alpha value is -2.70. The number of carbonyl (C=O) groups excluding carboxylic acids is 1. The fourth-order valence-corrected chi connectivity index (χ4v) is 5.51. The Morgan fingerprint density at radius 3 is 1.30 bits per heavy atom. The fraction of sp³-hybridized carbons (Fsp3) is 0.441. The number of nitrogens with zero attached hydrogens (tertiary/aromatic N) is 2. The van der Waals surface area contributed by atoms with Crippen molar-refractivity contribution in [2.75, 3.05) is 26.2 Å². The van der Waals surface area contributed by atoms with Crippen LogP contribution in [0.3, 0.4) is 0 Å². The van der Waals surface area contributed by atoms with E-state index in [1.165, 1.54) is 24.3 Å². The van der Waals surface area contributed by atoms with E-state index in [0.29, 0.717) is 25.7 Å². The van der Waals surface area contributed by atoms with Crippen molar-refractivity contribution in [2.45, 2.75) is 65.7 Å². The van der Waals surface area contributed by atoms with Gasteiger partial charge in [-0.1, -0.05) is 58.7 Å². The predicted octanol–water partition coefficient (Wildman–Crippen LogP) is 8.47. The molecular weight excluding hydrogens is 758 g/mol. The van der Waals surface area contributed by atoms with E-state index >= 15 is 0 Å². The van der Waals surface area contributed by atoms with Crippen molar-refractivity contribution in [3.05, 3.63) is 105 Å². The second-order valence-corrected chi connectivity index (χ2v) is 11.0. The Balaban J connectivity index is 0.000000999. The summed E-state index contributed by atoms with van der Waals surface area (Å²) in [6.45, 7) is 9.49. The van der Waals surface area contributed by atoms with Gasteiger partial charge in [-0.3, -0.25) is 4.79 Å². The number of halogens is 10. The van der Waals surface area contributed by atoms with Gasteiger partial charge in [0.1, 0.15) is 0 Å². The minimum atomic E-state index is -2.57. The van der Waals surface area contributed by atoms with Crippen molar-refractivity contribution in [1.29, 1.82) is 0 Å². The molecule has 1 atom stereocenters. The van der Waals surface area contributed by atoms with Crippen LogP contribution in [0.2, 0.25) is 6.32 Å². The molecule has 0 heterocycles. The number of hydrogen-bond donors (Lipinski definition) is 1. The first kappa shape index (κ1) is 45.3. The van der Waals surface area contributed by atoms with Crippen molar-refractivity contribution in [2.24, 2.45) is 5.92 Å². The van der Waals surface area contributed by atoms with Crippen LogP contribution in [0.15, 0.2) is 30.3 Å². The van der Waals surface area contributed by atoms with Crippen LogP contribution in [0.1, 0.15) is 63.7 Å². The van der Waals surface area contributed by atoms with Crippen molar-refractivity contribution in [1.82, 2.24) is 5.32 Å². The van der Waals surface area contributed by atoms with Crippen LogP contribution in [0.25, 0.3) is 10.6 Å². The molecule has 0 saturated heterocycles. The maximum atomic E-state index is 14.9. The van der Waals surface area contributed by atoms with Crippen molar-refractivity contribution < 1.29 is 74.9 Å². The largest absolute Gasteiger partial charge is 3.00 e. The molecule has 1 aliphatic rings. The molecule has 1 fully saturated rings. The smallest absolute Gasteiger partial charge is 0.663 e. The van der Waals surface area contributed by atoms with Crippen molar-refractivity contribution in [3.63, 3.8) is 0 Å². The van der Waals surface area contributed by atoms with Gasteiger partial charge in [0, 0.05) is 22.5 Å². The molecule has 1 N–H and O–H groups in total. The first-order chi connectivity index (χ1) is 23.3. The average molecular weight is 797 g/mol. The minimum absolute atomic E-state index is 0. The van der Waals surface area contributed by atoms with Crippen LogP contribution in [-0.4, -0.2) is 44.8 Å². The van der Waals surface area contributed by atoms with Gasteiger partial charge in [0.2, 0.25) is 6.71 Å². The van der Waals surface area contributed by atoms with E-state index in [4.69, 9.17) is 0 Å². The van der Waals surface area contributed by atoms with Gasteiger partial charge >= 0.3 is 26.2 Å². The van der Waals surface area contributed by atoms with E-state index in [2.05, 4.69) is 16.0 Å². The zero-order valence-electron chi connectivity index (χ0n) is 28.1. The molecule has 1 saturated carbocycles. The van der Waals surface area contributed by atoms with Crippen LogP contribution >= 0.6 is 0 Å². The Kier molecular flexibility index (Phi) is 20.2. The molecule has 4 nitrogen and oxygen atoms in total. The summed E-state index contributed by atoms with van der Waals surface area (Å²) in [5.41, 5.74) is -3.46. The van der Waals surface area contributed by atoms with Gasteiger partial charge in [0.15, 0.2) is 58.2 Å². The molecule has 1 amide bonds. The van der Waals surface area contributed by atoms with Crippen LogP contribution in [0.4, 0.5) is 43.9 Å². The monoisotopic (exact) mass is 795 g/mol. The van der Waals surface area contributed by atoms with Gasteiger partial charge in [0.25, 0.3) is 5.91 Å². The quantitative estimate of drug-likeness (QED) is 0.0901. The molecular formula is C34H38BF10N3OZr+. The van der Waals surface area contributed by atoms with Gasteiger partial charge in [-0.15, -0.1) is 0 Å². The van der Waals surface area contributed by atoms with Crippen LogP contribution in [0, 0.1) is 64.1 Å². The van der Waals surface area contributed by atoms with Crippen LogP contribution in [-0.2, 0) is 26.2 Å². The number of benzene rings is 3. The third-order valence-electron chi connectivity index (χ3n) is 7.89. The number of nitrogens with one attached hydrogen (secondary N) is 1. The Morgan fingerprint density at radius 1 is 0.640 bits per heavy atom. The third kappa shape index (κ3) is 11.4. The van der Waals surface area contributed by atoms with E-state index in [9.17, 15) is 48.7 Å². The molecule has 1 aliphatic carbocycles. The van der Waals surface area contributed by atoms with Gasteiger partial charge in [0.05, 0.1) is 0 Å². The van der Waals surface area contributed by atoms with Gasteiger partial charge in [-0.2, -0.15) is 26.2 Å². The molecule has 3 aromatic rings. The number of carbonyl (C=O) groups is 1. The molecule has 16 heteroatoms. The fourth-order valence-electron chi connectivity index (χ4n) is 5.51. The zero-order chi connectivity index (χ0) is 36.8. The SMILES string of the molecule is CC[N-]CC.CC[N-]CC.O=C(NC(CB(c1c(F)c(F)c(F)c(F)c1F)c1c(F)c(F)c(F)c(F)c1F)C1CCCC1)c1ccccc1.[Zr+3]. The Bertz CT molecular complexity index is 1390. The van der Waals surface area contributed by atoms with E-state index in [-0.39, 0.29) is 31.8 Å². The second-order valence-electron chi connectivity index (χ2n) is 11.0. The Labute approximate surface area is 305 Å². The van der Waals surface area contributed by atoms with Gasteiger partial charge < -0.3 is 16.0 Å². The number of hydrogen-bond acceptors (Lipinski definition) is 1. The van der Waals surface area contributed by atoms with Gasteiger partial charge in [-0.25, -0.2) is 43.9 Å². The van der Waals surface area contributed by atoms with E-state index in [0.717, 1.165) is 26.2 Å². The molecule has 3 aromatic carbocycles. The molecule has 1 unspecified atom stereocenters. The normalized spacial score (nSPS) is 13.0. The summed E-state index contributed by atoms with van der Waals surface area (Å²) >= 11 is 0. The summed E-state index contributed by atoms with van der Waals surface area (Å²) in [6.07, 6.45) is 1.11. The molecule has 0 aliphatic heterocycles. The third-order valence-corrected chi connectivity index (χ3v) is 7.89. The Morgan fingerprint density at radius 2 is 0.980 bits per heavy atom.